The van der Waals surface area contributed by atoms with Crippen LogP contribution in [0.4, 0.5) is 0 Å². The maximum Gasteiger partial charge on any atom is 0.0205 e. The highest BCUT2D eigenvalue weighted by Crippen LogP contribution is 2.01. The molecule has 2 N–H and O–H groups in total. The SMILES string of the molecule is Cl.c1ccc(CNCCCCCCNCc2ccccc2)cc1. The van der Waals surface area contributed by atoms with E-state index < -0.39 is 0 Å². The van der Waals surface area contributed by atoms with E-state index in [1.165, 1.54) is 36.8 Å². The first kappa shape index (κ1) is 19.7. The van der Waals surface area contributed by atoms with Crippen LogP contribution < -0.4 is 10.6 Å². The number of hydrogen-bond acceptors (Lipinski definition) is 2. The maximum absolute atomic E-state index is 3.51. The lowest BCUT2D eigenvalue weighted by atomic mass is 10.2. The molecular formula is C20H29ClN2. The Kier molecular flexibility index (Phi) is 11.2. The van der Waals surface area contributed by atoms with Crippen molar-refractivity contribution in [1.82, 2.24) is 10.6 Å². The van der Waals surface area contributed by atoms with Crippen LogP contribution in [-0.4, -0.2) is 13.1 Å². The zero-order valence-electron chi connectivity index (χ0n) is 13.8. The van der Waals surface area contributed by atoms with E-state index in [-0.39, 0.29) is 12.4 Å². The molecule has 0 unspecified atom stereocenters. The Labute approximate surface area is 147 Å². The van der Waals surface area contributed by atoms with Gasteiger partial charge in [-0.25, -0.2) is 0 Å². The predicted octanol–water partition coefficient (Wildman–Crippen LogP) is 4.55. The largest absolute Gasteiger partial charge is 0.313 e. The highest BCUT2D eigenvalue weighted by Gasteiger charge is 1.94. The number of unbranched alkanes of at least 4 members (excludes halogenated alkanes) is 3. The summed E-state index contributed by atoms with van der Waals surface area (Å²) in [6.07, 6.45) is 5.17. The van der Waals surface area contributed by atoms with Crippen molar-refractivity contribution in [1.29, 1.82) is 0 Å². The fraction of sp³-hybridized carbons (Fsp3) is 0.400. The second-order valence-corrected chi connectivity index (χ2v) is 5.74. The van der Waals surface area contributed by atoms with Crippen LogP contribution in [0.1, 0.15) is 36.8 Å². The average molecular weight is 333 g/mol. The van der Waals surface area contributed by atoms with Gasteiger partial charge >= 0.3 is 0 Å². The van der Waals surface area contributed by atoms with Gasteiger partial charge in [-0.05, 0) is 37.1 Å². The molecule has 0 aliphatic carbocycles. The molecule has 126 valence electrons. The topological polar surface area (TPSA) is 24.1 Å². The van der Waals surface area contributed by atoms with Crippen LogP contribution in [-0.2, 0) is 13.1 Å². The fourth-order valence-electron chi connectivity index (χ4n) is 2.51. The van der Waals surface area contributed by atoms with E-state index in [1.807, 2.05) is 0 Å². The van der Waals surface area contributed by atoms with Gasteiger partial charge in [-0.1, -0.05) is 73.5 Å². The van der Waals surface area contributed by atoms with E-state index in [9.17, 15) is 0 Å². The lowest BCUT2D eigenvalue weighted by Gasteiger charge is -2.06. The summed E-state index contributed by atoms with van der Waals surface area (Å²) in [5.74, 6) is 0. The third-order valence-electron chi connectivity index (χ3n) is 3.80. The van der Waals surface area contributed by atoms with Crippen molar-refractivity contribution in [2.45, 2.75) is 38.8 Å². The van der Waals surface area contributed by atoms with Crippen molar-refractivity contribution >= 4 is 12.4 Å². The molecule has 2 aromatic rings. The number of halogens is 1. The van der Waals surface area contributed by atoms with E-state index in [0.717, 1.165) is 26.2 Å². The van der Waals surface area contributed by atoms with E-state index in [2.05, 4.69) is 71.3 Å². The minimum absolute atomic E-state index is 0. The summed E-state index contributed by atoms with van der Waals surface area (Å²) in [5.41, 5.74) is 2.74. The third-order valence-corrected chi connectivity index (χ3v) is 3.80. The van der Waals surface area contributed by atoms with Crippen molar-refractivity contribution in [3.63, 3.8) is 0 Å². The van der Waals surface area contributed by atoms with E-state index >= 15 is 0 Å². The van der Waals surface area contributed by atoms with Gasteiger partial charge in [0.1, 0.15) is 0 Å². The first-order valence-corrected chi connectivity index (χ1v) is 8.44. The Hall–Kier alpha value is -1.35. The molecule has 3 heteroatoms. The van der Waals surface area contributed by atoms with E-state index in [4.69, 9.17) is 0 Å². The van der Waals surface area contributed by atoms with Crippen molar-refractivity contribution < 1.29 is 0 Å². The molecule has 0 amide bonds. The summed E-state index contributed by atoms with van der Waals surface area (Å²) in [6.45, 7) is 4.21. The first-order valence-electron chi connectivity index (χ1n) is 8.44. The van der Waals surface area contributed by atoms with Gasteiger partial charge in [-0.15, -0.1) is 12.4 Å². The van der Waals surface area contributed by atoms with Gasteiger partial charge in [-0.2, -0.15) is 0 Å². The smallest absolute Gasteiger partial charge is 0.0205 e. The molecule has 0 spiro atoms. The molecule has 0 aromatic heterocycles. The van der Waals surface area contributed by atoms with Crippen molar-refractivity contribution in [3.05, 3.63) is 71.8 Å². The molecule has 2 nitrogen and oxygen atoms in total. The molecule has 2 aromatic carbocycles. The summed E-state index contributed by atoms with van der Waals surface area (Å²) in [6, 6.07) is 21.2. The van der Waals surface area contributed by atoms with Crippen LogP contribution in [0.3, 0.4) is 0 Å². The van der Waals surface area contributed by atoms with Crippen molar-refractivity contribution in [2.24, 2.45) is 0 Å². The van der Waals surface area contributed by atoms with Gasteiger partial charge < -0.3 is 10.6 Å². The zero-order chi connectivity index (χ0) is 15.3. The second kappa shape index (κ2) is 13.1. The van der Waals surface area contributed by atoms with E-state index in [0.29, 0.717) is 0 Å². The Balaban J connectivity index is 0.00000264. The summed E-state index contributed by atoms with van der Waals surface area (Å²) in [7, 11) is 0. The minimum Gasteiger partial charge on any atom is -0.313 e. The number of nitrogens with one attached hydrogen (secondary N) is 2. The third kappa shape index (κ3) is 9.39. The van der Waals surface area contributed by atoms with Crippen molar-refractivity contribution in [2.75, 3.05) is 13.1 Å². The van der Waals surface area contributed by atoms with Crippen LogP contribution in [0.2, 0.25) is 0 Å². The second-order valence-electron chi connectivity index (χ2n) is 5.74. The average Bonchev–Trinajstić information content (AvgIpc) is 2.58. The number of rotatable bonds is 11. The highest BCUT2D eigenvalue weighted by atomic mass is 35.5. The zero-order valence-corrected chi connectivity index (χ0v) is 14.7. The summed E-state index contributed by atoms with van der Waals surface area (Å²) in [5, 5.41) is 7.02. The number of hydrogen-bond donors (Lipinski definition) is 2. The molecule has 0 bridgehead atoms. The molecule has 0 heterocycles. The Morgan fingerprint density at radius 2 is 0.913 bits per heavy atom. The van der Waals surface area contributed by atoms with Crippen LogP contribution in [0, 0.1) is 0 Å². The molecule has 0 atom stereocenters. The molecular weight excluding hydrogens is 304 g/mol. The molecule has 0 aliphatic rings. The standard InChI is InChI=1S/C20H28N2.ClH/c1(9-15-21-17-19-11-5-3-6-12-19)2-10-16-22-18-20-13-7-4-8-14-20;/h3-8,11-14,21-22H,1-2,9-10,15-18H2;1H. The Bertz CT molecular complexity index is 440. The molecule has 0 aliphatic heterocycles. The predicted molar refractivity (Wildman–Crippen MR) is 102 cm³/mol. The van der Waals surface area contributed by atoms with Crippen LogP contribution in [0.5, 0.6) is 0 Å². The van der Waals surface area contributed by atoms with Gasteiger partial charge in [0.2, 0.25) is 0 Å². The van der Waals surface area contributed by atoms with Crippen LogP contribution in [0.25, 0.3) is 0 Å². The van der Waals surface area contributed by atoms with Crippen LogP contribution in [0.15, 0.2) is 60.7 Å². The summed E-state index contributed by atoms with van der Waals surface area (Å²) >= 11 is 0. The minimum atomic E-state index is 0. The molecule has 2 rings (SSSR count). The lowest BCUT2D eigenvalue weighted by Crippen LogP contribution is -2.15. The first-order chi connectivity index (χ1) is 10.9. The van der Waals surface area contributed by atoms with E-state index in [1.54, 1.807) is 0 Å². The van der Waals surface area contributed by atoms with Crippen molar-refractivity contribution in [3.8, 4) is 0 Å². The summed E-state index contributed by atoms with van der Waals surface area (Å²) < 4.78 is 0. The van der Waals surface area contributed by atoms with Gasteiger partial charge in [-0.3, -0.25) is 0 Å². The maximum atomic E-state index is 3.51. The van der Waals surface area contributed by atoms with Gasteiger partial charge in [0.05, 0.1) is 0 Å². The number of benzene rings is 2. The quantitative estimate of drug-likeness (QED) is 0.590. The molecule has 0 fully saturated rings. The highest BCUT2D eigenvalue weighted by molar-refractivity contribution is 5.85. The monoisotopic (exact) mass is 332 g/mol. The van der Waals surface area contributed by atoms with Gasteiger partial charge in [0, 0.05) is 13.1 Å². The summed E-state index contributed by atoms with van der Waals surface area (Å²) in [4.78, 5) is 0. The Morgan fingerprint density at radius 1 is 0.522 bits per heavy atom. The van der Waals surface area contributed by atoms with Gasteiger partial charge in [0.15, 0.2) is 0 Å². The van der Waals surface area contributed by atoms with Crippen LogP contribution >= 0.6 is 12.4 Å². The van der Waals surface area contributed by atoms with Gasteiger partial charge in [0.25, 0.3) is 0 Å². The Morgan fingerprint density at radius 3 is 1.30 bits per heavy atom. The molecule has 0 radical (unpaired) electrons. The normalized spacial score (nSPS) is 10.3. The lowest BCUT2D eigenvalue weighted by molar-refractivity contribution is 0.563. The fourth-order valence-corrected chi connectivity index (χ4v) is 2.51. The molecule has 0 saturated heterocycles. The molecule has 0 saturated carbocycles. The molecule has 23 heavy (non-hydrogen) atoms.